The van der Waals surface area contributed by atoms with Crippen LogP contribution in [-0.4, -0.2) is 17.4 Å². The van der Waals surface area contributed by atoms with Crippen molar-refractivity contribution < 1.29 is 9.18 Å². The van der Waals surface area contributed by atoms with E-state index in [0.717, 1.165) is 0 Å². The molecule has 0 saturated carbocycles. The Kier molecular flexibility index (Phi) is 4.12. The molecule has 0 aliphatic heterocycles. The Balaban J connectivity index is 2.37. The molecule has 19 heavy (non-hydrogen) atoms. The lowest BCUT2D eigenvalue weighted by Gasteiger charge is -2.05. The van der Waals surface area contributed by atoms with Crippen LogP contribution in [0.25, 0.3) is 11.3 Å². The predicted molar refractivity (Wildman–Crippen MR) is 72.6 cm³/mol. The van der Waals surface area contributed by atoms with Crippen molar-refractivity contribution in [1.29, 1.82) is 0 Å². The summed E-state index contributed by atoms with van der Waals surface area (Å²) in [5, 5.41) is 2.74. The van der Waals surface area contributed by atoms with Gasteiger partial charge in [-0.25, -0.2) is 4.39 Å². The van der Waals surface area contributed by atoms with Gasteiger partial charge in [0.2, 0.25) is 0 Å². The number of carbonyl (C=O) groups excluding carboxylic acids is 1. The van der Waals surface area contributed by atoms with Gasteiger partial charge in [0.1, 0.15) is 5.82 Å². The third-order valence-corrected chi connectivity index (χ3v) is 2.86. The van der Waals surface area contributed by atoms with E-state index in [4.69, 9.17) is 11.6 Å². The van der Waals surface area contributed by atoms with Gasteiger partial charge in [0.15, 0.2) is 0 Å². The highest BCUT2D eigenvalue weighted by Crippen LogP contribution is 2.23. The van der Waals surface area contributed by atoms with Crippen LogP contribution in [0, 0.1) is 5.82 Å². The number of pyridine rings is 1. The summed E-state index contributed by atoms with van der Waals surface area (Å²) in [7, 11) is 0. The number of amides is 1. The minimum atomic E-state index is -0.481. The quantitative estimate of drug-likeness (QED) is 0.936. The molecule has 1 aromatic heterocycles. The predicted octanol–water partition coefficient (Wildman–Crippen LogP) is 3.29. The zero-order valence-electron chi connectivity index (χ0n) is 10.3. The van der Waals surface area contributed by atoms with E-state index in [9.17, 15) is 9.18 Å². The van der Waals surface area contributed by atoms with Crippen LogP contribution < -0.4 is 5.32 Å². The minimum absolute atomic E-state index is 0.0303. The lowest BCUT2D eigenvalue weighted by molar-refractivity contribution is 0.0956. The molecule has 0 saturated heterocycles. The fraction of sp³-hybridized carbons (Fsp3) is 0.143. The number of nitrogens with zero attached hydrogens (tertiary/aromatic N) is 1. The number of benzene rings is 1. The molecular formula is C14H12ClFN2O. The Bertz CT molecular complexity index is 616. The standard InChI is InChI=1S/C14H12ClFN2O/c1-2-17-14(19)10-5-6-18-13(8-10)9-3-4-12(16)11(15)7-9/h3-8H,2H2,1H3,(H,17,19). The molecule has 1 heterocycles. The summed E-state index contributed by atoms with van der Waals surface area (Å²) in [6.07, 6.45) is 1.54. The summed E-state index contributed by atoms with van der Waals surface area (Å²) in [6.45, 7) is 2.40. The maximum absolute atomic E-state index is 13.1. The molecule has 1 N–H and O–H groups in total. The summed E-state index contributed by atoms with van der Waals surface area (Å²) < 4.78 is 13.1. The molecular weight excluding hydrogens is 267 g/mol. The normalized spacial score (nSPS) is 10.3. The topological polar surface area (TPSA) is 42.0 Å². The number of carbonyl (C=O) groups is 1. The van der Waals surface area contributed by atoms with Crippen molar-refractivity contribution in [3.05, 3.63) is 52.9 Å². The molecule has 1 aromatic carbocycles. The summed E-state index contributed by atoms with van der Waals surface area (Å²) >= 11 is 5.73. The second-order valence-corrected chi connectivity index (χ2v) is 4.33. The summed E-state index contributed by atoms with van der Waals surface area (Å²) in [5.41, 5.74) is 1.75. The van der Waals surface area contributed by atoms with E-state index in [2.05, 4.69) is 10.3 Å². The first-order valence-corrected chi connectivity index (χ1v) is 6.19. The fourth-order valence-electron chi connectivity index (χ4n) is 1.65. The molecule has 0 aliphatic carbocycles. The molecule has 0 bridgehead atoms. The molecule has 0 unspecified atom stereocenters. The van der Waals surface area contributed by atoms with Crippen molar-refractivity contribution in [3.8, 4) is 11.3 Å². The van der Waals surface area contributed by atoms with Gasteiger partial charge in [-0.1, -0.05) is 11.6 Å². The Morgan fingerprint density at radius 2 is 2.16 bits per heavy atom. The van der Waals surface area contributed by atoms with E-state index in [0.29, 0.717) is 23.4 Å². The molecule has 98 valence electrons. The van der Waals surface area contributed by atoms with Crippen LogP contribution in [0.3, 0.4) is 0 Å². The summed E-state index contributed by atoms with van der Waals surface area (Å²) in [5.74, 6) is -0.648. The van der Waals surface area contributed by atoms with Gasteiger partial charge in [-0.3, -0.25) is 9.78 Å². The van der Waals surface area contributed by atoms with E-state index in [-0.39, 0.29) is 10.9 Å². The lowest BCUT2D eigenvalue weighted by Crippen LogP contribution is -2.22. The number of aromatic nitrogens is 1. The first-order valence-electron chi connectivity index (χ1n) is 5.81. The van der Waals surface area contributed by atoms with Gasteiger partial charge in [0.05, 0.1) is 10.7 Å². The average Bonchev–Trinajstić information content (AvgIpc) is 2.42. The maximum Gasteiger partial charge on any atom is 0.251 e. The first kappa shape index (κ1) is 13.5. The van der Waals surface area contributed by atoms with Crippen molar-refractivity contribution in [2.24, 2.45) is 0 Å². The molecule has 0 aliphatic rings. The molecule has 0 fully saturated rings. The van der Waals surface area contributed by atoms with E-state index < -0.39 is 5.82 Å². The van der Waals surface area contributed by atoms with Crippen molar-refractivity contribution >= 4 is 17.5 Å². The monoisotopic (exact) mass is 278 g/mol. The SMILES string of the molecule is CCNC(=O)c1ccnc(-c2ccc(F)c(Cl)c2)c1. The summed E-state index contributed by atoms with van der Waals surface area (Å²) in [4.78, 5) is 15.9. The highest BCUT2D eigenvalue weighted by Gasteiger charge is 2.08. The fourth-order valence-corrected chi connectivity index (χ4v) is 1.83. The van der Waals surface area contributed by atoms with Gasteiger partial charge in [-0.15, -0.1) is 0 Å². The zero-order valence-corrected chi connectivity index (χ0v) is 11.0. The zero-order chi connectivity index (χ0) is 13.8. The number of rotatable bonds is 3. The highest BCUT2D eigenvalue weighted by molar-refractivity contribution is 6.31. The Morgan fingerprint density at radius 1 is 1.37 bits per heavy atom. The average molecular weight is 279 g/mol. The molecule has 5 heteroatoms. The smallest absolute Gasteiger partial charge is 0.251 e. The third kappa shape index (κ3) is 3.09. The molecule has 0 atom stereocenters. The highest BCUT2D eigenvalue weighted by atomic mass is 35.5. The lowest BCUT2D eigenvalue weighted by atomic mass is 10.1. The van der Waals surface area contributed by atoms with Gasteiger partial charge in [0.25, 0.3) is 5.91 Å². The Morgan fingerprint density at radius 3 is 2.84 bits per heavy atom. The molecule has 0 radical (unpaired) electrons. The second kappa shape index (κ2) is 5.80. The van der Waals surface area contributed by atoms with Crippen LogP contribution in [0.2, 0.25) is 5.02 Å². The van der Waals surface area contributed by atoms with Crippen molar-refractivity contribution in [3.63, 3.8) is 0 Å². The third-order valence-electron chi connectivity index (χ3n) is 2.57. The minimum Gasteiger partial charge on any atom is -0.352 e. The molecule has 3 nitrogen and oxygen atoms in total. The van der Waals surface area contributed by atoms with Crippen molar-refractivity contribution in [2.45, 2.75) is 6.92 Å². The Labute approximate surface area is 115 Å². The molecule has 0 spiro atoms. The number of halogens is 2. The molecule has 2 rings (SSSR count). The van der Waals surface area contributed by atoms with Gasteiger partial charge >= 0.3 is 0 Å². The van der Waals surface area contributed by atoms with Crippen LogP contribution in [0.15, 0.2) is 36.5 Å². The van der Waals surface area contributed by atoms with Gasteiger partial charge in [0, 0.05) is 23.9 Å². The van der Waals surface area contributed by atoms with Gasteiger partial charge in [-0.2, -0.15) is 0 Å². The molecule has 1 amide bonds. The van der Waals surface area contributed by atoms with E-state index in [1.54, 1.807) is 18.2 Å². The maximum atomic E-state index is 13.1. The van der Waals surface area contributed by atoms with E-state index in [1.807, 2.05) is 6.92 Å². The van der Waals surface area contributed by atoms with Gasteiger partial charge < -0.3 is 5.32 Å². The first-order chi connectivity index (χ1) is 9.11. The largest absolute Gasteiger partial charge is 0.352 e. The molecule has 2 aromatic rings. The van der Waals surface area contributed by atoms with E-state index >= 15 is 0 Å². The van der Waals surface area contributed by atoms with Crippen LogP contribution in [-0.2, 0) is 0 Å². The Hall–Kier alpha value is -1.94. The van der Waals surface area contributed by atoms with Gasteiger partial charge in [-0.05, 0) is 37.3 Å². The van der Waals surface area contributed by atoms with Crippen LogP contribution in [0.4, 0.5) is 4.39 Å². The van der Waals surface area contributed by atoms with Crippen LogP contribution >= 0.6 is 11.6 Å². The van der Waals surface area contributed by atoms with Crippen LogP contribution in [0.1, 0.15) is 17.3 Å². The number of hydrogen-bond donors (Lipinski definition) is 1. The van der Waals surface area contributed by atoms with E-state index in [1.165, 1.54) is 18.3 Å². The van der Waals surface area contributed by atoms with Crippen molar-refractivity contribution in [2.75, 3.05) is 6.54 Å². The number of hydrogen-bond acceptors (Lipinski definition) is 2. The number of nitrogens with one attached hydrogen (secondary N) is 1. The van der Waals surface area contributed by atoms with Crippen LogP contribution in [0.5, 0.6) is 0 Å². The summed E-state index contributed by atoms with van der Waals surface area (Å²) in [6, 6.07) is 7.61. The second-order valence-electron chi connectivity index (χ2n) is 3.92. The van der Waals surface area contributed by atoms with Crippen molar-refractivity contribution in [1.82, 2.24) is 10.3 Å².